The molecule has 3 heteroatoms. The fourth-order valence-electron chi connectivity index (χ4n) is 1.41. The van der Waals surface area contributed by atoms with Gasteiger partial charge in [0.05, 0.1) is 5.39 Å². The summed E-state index contributed by atoms with van der Waals surface area (Å²) in [6, 6.07) is 5.75. The van der Waals surface area contributed by atoms with Crippen molar-refractivity contribution in [2.75, 3.05) is 0 Å². The normalized spacial score (nSPS) is 10.6. The van der Waals surface area contributed by atoms with Crippen molar-refractivity contribution in [3.05, 3.63) is 44.8 Å². The Bertz CT molecular complexity index is 516. The van der Waals surface area contributed by atoms with E-state index in [0.29, 0.717) is 0 Å². The number of aromatic amines is 1. The van der Waals surface area contributed by atoms with E-state index in [4.69, 9.17) is 0 Å². The zero-order valence-corrected chi connectivity index (χ0v) is 8.68. The Morgan fingerprint density at radius 3 is 2.85 bits per heavy atom. The third-order valence-electron chi connectivity index (χ3n) is 2.09. The molecule has 2 aromatic rings. The van der Waals surface area contributed by atoms with Gasteiger partial charge >= 0.3 is 0 Å². The number of aromatic nitrogens is 1. The van der Waals surface area contributed by atoms with E-state index in [-0.39, 0.29) is 5.56 Å². The van der Waals surface area contributed by atoms with Crippen LogP contribution in [0.3, 0.4) is 0 Å². The first kappa shape index (κ1) is 8.51. The second-order valence-corrected chi connectivity index (χ2v) is 3.82. The van der Waals surface area contributed by atoms with Gasteiger partial charge in [-0.3, -0.25) is 4.79 Å². The van der Waals surface area contributed by atoms with Gasteiger partial charge in [-0.1, -0.05) is 12.1 Å². The standard InChI is InChI=1S/C10H8BrNO/c1-6-5-12-10(13)9-7(6)3-2-4-8(9)11/h2-5H,1H3,(H,12,13). The molecule has 0 aliphatic rings. The van der Waals surface area contributed by atoms with Gasteiger partial charge in [0.1, 0.15) is 0 Å². The van der Waals surface area contributed by atoms with Crippen LogP contribution in [0.5, 0.6) is 0 Å². The first-order chi connectivity index (χ1) is 6.20. The van der Waals surface area contributed by atoms with E-state index in [1.54, 1.807) is 6.20 Å². The van der Waals surface area contributed by atoms with Gasteiger partial charge in [0.25, 0.3) is 5.56 Å². The van der Waals surface area contributed by atoms with Crippen molar-refractivity contribution >= 4 is 26.7 Å². The van der Waals surface area contributed by atoms with Gasteiger partial charge in [-0.2, -0.15) is 0 Å². The summed E-state index contributed by atoms with van der Waals surface area (Å²) in [5.74, 6) is 0. The van der Waals surface area contributed by atoms with Crippen LogP contribution in [0, 0.1) is 6.92 Å². The minimum atomic E-state index is -0.0481. The molecular formula is C10H8BrNO. The molecule has 0 bridgehead atoms. The Morgan fingerprint density at radius 1 is 1.38 bits per heavy atom. The summed E-state index contributed by atoms with van der Waals surface area (Å²) in [5, 5.41) is 1.72. The third-order valence-corrected chi connectivity index (χ3v) is 2.75. The Hall–Kier alpha value is -1.09. The quantitative estimate of drug-likeness (QED) is 0.751. The Morgan fingerprint density at radius 2 is 2.15 bits per heavy atom. The maximum atomic E-state index is 11.5. The molecule has 2 nitrogen and oxygen atoms in total. The molecule has 0 aliphatic carbocycles. The number of aryl methyl sites for hydroxylation is 1. The number of fused-ring (bicyclic) bond motifs is 1. The molecule has 0 saturated heterocycles. The molecule has 1 aromatic carbocycles. The fraction of sp³-hybridized carbons (Fsp3) is 0.100. The van der Waals surface area contributed by atoms with Crippen molar-refractivity contribution in [1.29, 1.82) is 0 Å². The van der Waals surface area contributed by atoms with Gasteiger partial charge in [0.15, 0.2) is 0 Å². The second kappa shape index (κ2) is 3.00. The molecule has 0 atom stereocenters. The molecule has 0 aliphatic heterocycles. The summed E-state index contributed by atoms with van der Waals surface area (Å²) in [4.78, 5) is 14.2. The van der Waals surface area contributed by atoms with Gasteiger partial charge in [0.2, 0.25) is 0 Å². The highest BCUT2D eigenvalue weighted by atomic mass is 79.9. The van der Waals surface area contributed by atoms with E-state index in [9.17, 15) is 4.79 Å². The lowest BCUT2D eigenvalue weighted by molar-refractivity contribution is 1.24. The highest BCUT2D eigenvalue weighted by Crippen LogP contribution is 2.21. The number of hydrogen-bond acceptors (Lipinski definition) is 1. The van der Waals surface area contributed by atoms with Crippen molar-refractivity contribution in [3.8, 4) is 0 Å². The monoisotopic (exact) mass is 237 g/mol. The molecule has 0 radical (unpaired) electrons. The molecule has 0 amide bonds. The number of hydrogen-bond donors (Lipinski definition) is 1. The lowest BCUT2D eigenvalue weighted by Gasteiger charge is -2.01. The predicted molar refractivity (Wildman–Crippen MR) is 57.0 cm³/mol. The van der Waals surface area contributed by atoms with Crippen LogP contribution in [-0.4, -0.2) is 4.98 Å². The maximum absolute atomic E-state index is 11.5. The molecule has 1 heterocycles. The molecule has 1 N–H and O–H groups in total. The van der Waals surface area contributed by atoms with Crippen molar-refractivity contribution in [2.45, 2.75) is 6.92 Å². The molecule has 66 valence electrons. The topological polar surface area (TPSA) is 32.9 Å². The molecular weight excluding hydrogens is 230 g/mol. The molecule has 2 rings (SSSR count). The second-order valence-electron chi connectivity index (χ2n) is 2.96. The molecule has 0 unspecified atom stereocenters. The van der Waals surface area contributed by atoms with Crippen LogP contribution >= 0.6 is 15.9 Å². The SMILES string of the molecule is Cc1c[nH]c(=O)c2c(Br)cccc12. The Kier molecular flexibility index (Phi) is 1.96. The zero-order chi connectivity index (χ0) is 9.42. The number of halogens is 1. The molecule has 0 spiro atoms. The van der Waals surface area contributed by atoms with Crippen molar-refractivity contribution in [1.82, 2.24) is 4.98 Å². The number of benzene rings is 1. The summed E-state index contributed by atoms with van der Waals surface area (Å²) in [6.07, 6.45) is 1.73. The van der Waals surface area contributed by atoms with Gasteiger partial charge < -0.3 is 4.98 Å². The predicted octanol–water partition coefficient (Wildman–Crippen LogP) is 2.60. The van der Waals surface area contributed by atoms with Crippen molar-refractivity contribution in [2.24, 2.45) is 0 Å². The fourth-order valence-corrected chi connectivity index (χ4v) is 1.95. The summed E-state index contributed by atoms with van der Waals surface area (Å²) in [6.45, 7) is 1.98. The Labute approximate surface area is 83.7 Å². The Balaban J connectivity index is 3.09. The van der Waals surface area contributed by atoms with E-state index in [1.807, 2.05) is 25.1 Å². The zero-order valence-electron chi connectivity index (χ0n) is 7.10. The largest absolute Gasteiger partial charge is 0.328 e. The van der Waals surface area contributed by atoms with Crippen LogP contribution in [0.2, 0.25) is 0 Å². The average molecular weight is 238 g/mol. The van der Waals surface area contributed by atoms with Gasteiger partial charge in [-0.15, -0.1) is 0 Å². The van der Waals surface area contributed by atoms with Gasteiger partial charge in [-0.05, 0) is 39.9 Å². The highest BCUT2D eigenvalue weighted by molar-refractivity contribution is 9.10. The van der Waals surface area contributed by atoms with E-state index in [1.165, 1.54) is 0 Å². The number of nitrogens with one attached hydrogen (secondary N) is 1. The summed E-state index contributed by atoms with van der Waals surface area (Å²) in [7, 11) is 0. The van der Waals surface area contributed by atoms with Crippen LogP contribution in [0.25, 0.3) is 10.8 Å². The number of pyridine rings is 1. The van der Waals surface area contributed by atoms with Crippen molar-refractivity contribution in [3.63, 3.8) is 0 Å². The van der Waals surface area contributed by atoms with Crippen LogP contribution in [0.1, 0.15) is 5.56 Å². The third kappa shape index (κ3) is 1.29. The highest BCUT2D eigenvalue weighted by Gasteiger charge is 2.03. The lowest BCUT2D eigenvalue weighted by Crippen LogP contribution is -2.06. The summed E-state index contributed by atoms with van der Waals surface area (Å²) >= 11 is 3.36. The summed E-state index contributed by atoms with van der Waals surface area (Å²) in [5.41, 5.74) is 1.03. The minimum absolute atomic E-state index is 0.0481. The van der Waals surface area contributed by atoms with Gasteiger partial charge in [-0.25, -0.2) is 0 Å². The first-order valence-electron chi connectivity index (χ1n) is 3.96. The average Bonchev–Trinajstić information content (AvgIpc) is 2.12. The minimum Gasteiger partial charge on any atom is -0.328 e. The molecule has 1 aromatic heterocycles. The van der Waals surface area contributed by atoms with Crippen LogP contribution in [-0.2, 0) is 0 Å². The number of H-pyrrole nitrogens is 1. The van der Waals surface area contributed by atoms with Crippen LogP contribution in [0.15, 0.2) is 33.7 Å². The molecule has 0 fully saturated rings. The van der Waals surface area contributed by atoms with Gasteiger partial charge in [0, 0.05) is 10.7 Å². The van der Waals surface area contributed by atoms with E-state index in [2.05, 4.69) is 20.9 Å². The van der Waals surface area contributed by atoms with E-state index in [0.717, 1.165) is 20.8 Å². The van der Waals surface area contributed by atoms with E-state index >= 15 is 0 Å². The van der Waals surface area contributed by atoms with E-state index < -0.39 is 0 Å². The van der Waals surface area contributed by atoms with Crippen LogP contribution < -0.4 is 5.56 Å². The summed E-state index contributed by atoms with van der Waals surface area (Å²) < 4.78 is 0.843. The lowest BCUT2D eigenvalue weighted by atomic mass is 10.1. The first-order valence-corrected chi connectivity index (χ1v) is 4.76. The van der Waals surface area contributed by atoms with Crippen LogP contribution in [0.4, 0.5) is 0 Å². The van der Waals surface area contributed by atoms with Crippen molar-refractivity contribution < 1.29 is 0 Å². The molecule has 0 saturated carbocycles. The smallest absolute Gasteiger partial charge is 0.256 e. The molecule has 13 heavy (non-hydrogen) atoms. The number of rotatable bonds is 0. The maximum Gasteiger partial charge on any atom is 0.256 e.